The number of nitrogens with one attached hydrogen (secondary N) is 1. The molecule has 1 heterocycles. The Morgan fingerprint density at radius 1 is 1.20 bits per heavy atom. The molecule has 3 aliphatic rings. The standard InChI is InChI=1S/C15H21NO4/c1-15(4-6-20-7-5-15)16-13(17)11-9-2-3-10(8-9)12(11)14(18)19/h2-3,9-12H,4-8H2,1H3,(H,16,17)(H,18,19)/t9?,10?,11-,12+/m0/s1. The van der Waals surface area contributed by atoms with Crippen LogP contribution in [0.4, 0.5) is 0 Å². The summed E-state index contributed by atoms with van der Waals surface area (Å²) in [4.78, 5) is 24.0. The van der Waals surface area contributed by atoms with Crippen molar-refractivity contribution >= 4 is 11.9 Å². The second kappa shape index (κ2) is 4.88. The van der Waals surface area contributed by atoms with E-state index in [9.17, 15) is 14.7 Å². The van der Waals surface area contributed by atoms with Crippen LogP contribution in [0.25, 0.3) is 0 Å². The van der Waals surface area contributed by atoms with Crippen LogP contribution < -0.4 is 5.32 Å². The number of hydrogen-bond acceptors (Lipinski definition) is 3. The third kappa shape index (κ3) is 2.24. The minimum absolute atomic E-state index is 0.0238. The maximum Gasteiger partial charge on any atom is 0.307 e. The molecule has 0 aromatic heterocycles. The van der Waals surface area contributed by atoms with Crippen LogP contribution in [0.15, 0.2) is 12.2 Å². The van der Waals surface area contributed by atoms with Gasteiger partial charge in [0.2, 0.25) is 5.91 Å². The van der Waals surface area contributed by atoms with Crippen molar-refractivity contribution in [3.63, 3.8) is 0 Å². The number of amides is 1. The third-order valence-electron chi connectivity index (χ3n) is 5.07. The van der Waals surface area contributed by atoms with Crippen LogP contribution in [-0.4, -0.2) is 35.7 Å². The van der Waals surface area contributed by atoms with Crippen molar-refractivity contribution in [1.82, 2.24) is 5.32 Å². The molecule has 2 bridgehead atoms. The van der Waals surface area contributed by atoms with Gasteiger partial charge in [-0.1, -0.05) is 12.2 Å². The number of ether oxygens (including phenoxy) is 1. The number of fused-ring (bicyclic) bond motifs is 2. The van der Waals surface area contributed by atoms with Gasteiger partial charge in [0.1, 0.15) is 0 Å². The number of hydrogen-bond donors (Lipinski definition) is 2. The summed E-state index contributed by atoms with van der Waals surface area (Å²) in [6.45, 7) is 3.32. The summed E-state index contributed by atoms with van der Waals surface area (Å²) < 4.78 is 5.32. The number of allylic oxidation sites excluding steroid dienone is 2. The van der Waals surface area contributed by atoms with Crippen LogP contribution in [0.2, 0.25) is 0 Å². The molecule has 5 nitrogen and oxygen atoms in total. The molecule has 110 valence electrons. The van der Waals surface area contributed by atoms with Crippen LogP contribution >= 0.6 is 0 Å². The highest BCUT2D eigenvalue weighted by Gasteiger charge is 2.52. The maximum atomic E-state index is 12.6. The fraction of sp³-hybridized carbons (Fsp3) is 0.733. The first-order valence-electron chi connectivity index (χ1n) is 7.31. The van der Waals surface area contributed by atoms with Crippen molar-refractivity contribution in [1.29, 1.82) is 0 Å². The molecule has 2 fully saturated rings. The first kappa shape index (κ1) is 13.6. The van der Waals surface area contributed by atoms with Crippen LogP contribution in [0.3, 0.4) is 0 Å². The number of aliphatic carboxylic acids is 1. The highest BCUT2D eigenvalue weighted by atomic mass is 16.5. The largest absolute Gasteiger partial charge is 0.481 e. The number of carboxylic acid groups (broad SMARTS) is 1. The lowest BCUT2D eigenvalue weighted by atomic mass is 9.81. The van der Waals surface area contributed by atoms with Gasteiger partial charge in [-0.05, 0) is 38.0 Å². The molecule has 0 aromatic carbocycles. The fourth-order valence-corrected chi connectivity index (χ4v) is 3.84. The van der Waals surface area contributed by atoms with Gasteiger partial charge < -0.3 is 15.2 Å². The summed E-state index contributed by atoms with van der Waals surface area (Å²) in [5, 5.41) is 12.5. The average Bonchev–Trinajstić information content (AvgIpc) is 2.98. The van der Waals surface area contributed by atoms with Crippen LogP contribution in [-0.2, 0) is 14.3 Å². The zero-order chi connectivity index (χ0) is 14.3. The molecular formula is C15H21NO4. The highest BCUT2D eigenvalue weighted by Crippen LogP contribution is 2.48. The molecule has 2 N–H and O–H groups in total. The van der Waals surface area contributed by atoms with Crippen molar-refractivity contribution in [3.05, 3.63) is 12.2 Å². The van der Waals surface area contributed by atoms with Gasteiger partial charge in [-0.15, -0.1) is 0 Å². The topological polar surface area (TPSA) is 75.6 Å². The Hall–Kier alpha value is -1.36. The minimum atomic E-state index is -0.848. The average molecular weight is 279 g/mol. The zero-order valence-electron chi connectivity index (χ0n) is 11.7. The van der Waals surface area contributed by atoms with Crippen LogP contribution in [0.5, 0.6) is 0 Å². The summed E-state index contributed by atoms with van der Waals surface area (Å²) >= 11 is 0. The summed E-state index contributed by atoms with van der Waals surface area (Å²) in [5.41, 5.74) is -0.260. The SMILES string of the molecule is CC1(NC(=O)[C@H]2C3C=CC(C3)[C@H]2C(=O)O)CCOCC1. The lowest BCUT2D eigenvalue weighted by Crippen LogP contribution is -2.53. The van der Waals surface area contributed by atoms with E-state index in [-0.39, 0.29) is 23.3 Å². The van der Waals surface area contributed by atoms with Crippen molar-refractivity contribution in [3.8, 4) is 0 Å². The Labute approximate surface area is 118 Å². The van der Waals surface area contributed by atoms with Crippen molar-refractivity contribution in [2.24, 2.45) is 23.7 Å². The molecule has 2 aliphatic carbocycles. The summed E-state index contributed by atoms with van der Waals surface area (Å²) in [7, 11) is 0. The Balaban J connectivity index is 1.73. The Bertz CT molecular complexity index is 453. The molecule has 20 heavy (non-hydrogen) atoms. The monoisotopic (exact) mass is 279 g/mol. The molecular weight excluding hydrogens is 258 g/mol. The summed E-state index contributed by atoms with van der Waals surface area (Å²) in [6, 6.07) is 0. The molecule has 1 saturated heterocycles. The lowest BCUT2D eigenvalue weighted by Gasteiger charge is -2.36. The Morgan fingerprint density at radius 3 is 2.40 bits per heavy atom. The van der Waals surface area contributed by atoms with Gasteiger partial charge in [0.25, 0.3) is 0 Å². The van der Waals surface area contributed by atoms with Gasteiger partial charge >= 0.3 is 5.97 Å². The number of carbonyl (C=O) groups excluding carboxylic acids is 1. The molecule has 5 heteroatoms. The van der Waals surface area contributed by atoms with E-state index in [4.69, 9.17) is 4.74 Å². The second-order valence-corrected chi connectivity index (χ2v) is 6.50. The van der Waals surface area contributed by atoms with Crippen molar-refractivity contribution < 1.29 is 19.4 Å². The van der Waals surface area contributed by atoms with E-state index < -0.39 is 17.8 Å². The number of carboxylic acids is 1. The fourth-order valence-electron chi connectivity index (χ4n) is 3.84. The van der Waals surface area contributed by atoms with E-state index in [1.165, 1.54) is 0 Å². The quantitative estimate of drug-likeness (QED) is 0.761. The molecule has 4 atom stereocenters. The van der Waals surface area contributed by atoms with Crippen molar-refractivity contribution in [2.75, 3.05) is 13.2 Å². The van der Waals surface area contributed by atoms with E-state index in [0.717, 1.165) is 19.3 Å². The van der Waals surface area contributed by atoms with E-state index >= 15 is 0 Å². The Kier molecular flexibility index (Phi) is 3.32. The van der Waals surface area contributed by atoms with Gasteiger partial charge in [-0.25, -0.2) is 0 Å². The molecule has 1 saturated carbocycles. The van der Waals surface area contributed by atoms with Gasteiger partial charge in [0.15, 0.2) is 0 Å². The van der Waals surface area contributed by atoms with Crippen LogP contribution in [0.1, 0.15) is 26.2 Å². The first-order valence-corrected chi connectivity index (χ1v) is 7.31. The molecule has 1 aliphatic heterocycles. The van der Waals surface area contributed by atoms with E-state index in [2.05, 4.69) is 5.32 Å². The second-order valence-electron chi connectivity index (χ2n) is 6.50. The molecule has 3 rings (SSSR count). The summed E-state index contributed by atoms with van der Waals surface area (Å²) in [5.74, 6) is -1.81. The predicted molar refractivity (Wildman–Crippen MR) is 72.0 cm³/mol. The highest BCUT2D eigenvalue weighted by molar-refractivity contribution is 5.87. The predicted octanol–water partition coefficient (Wildman–Crippen LogP) is 1.19. The van der Waals surface area contributed by atoms with E-state index in [0.29, 0.717) is 13.2 Å². The normalized spacial score (nSPS) is 37.9. The Morgan fingerprint density at radius 2 is 1.80 bits per heavy atom. The number of carbonyl (C=O) groups is 2. The smallest absolute Gasteiger partial charge is 0.307 e. The van der Waals surface area contributed by atoms with E-state index in [1.54, 1.807) is 0 Å². The molecule has 0 aromatic rings. The minimum Gasteiger partial charge on any atom is -0.481 e. The van der Waals surface area contributed by atoms with Crippen molar-refractivity contribution in [2.45, 2.75) is 31.7 Å². The maximum absolute atomic E-state index is 12.6. The zero-order valence-corrected chi connectivity index (χ0v) is 11.7. The van der Waals surface area contributed by atoms with Crippen LogP contribution in [0, 0.1) is 23.7 Å². The molecule has 0 spiro atoms. The molecule has 2 unspecified atom stereocenters. The van der Waals surface area contributed by atoms with Gasteiger partial charge in [-0.3, -0.25) is 9.59 Å². The molecule has 1 amide bonds. The third-order valence-corrected chi connectivity index (χ3v) is 5.07. The molecule has 0 radical (unpaired) electrons. The first-order chi connectivity index (χ1) is 9.50. The van der Waals surface area contributed by atoms with Gasteiger partial charge in [0.05, 0.1) is 11.8 Å². The van der Waals surface area contributed by atoms with Gasteiger partial charge in [0, 0.05) is 18.8 Å². The number of rotatable bonds is 3. The van der Waals surface area contributed by atoms with E-state index in [1.807, 2.05) is 19.1 Å². The van der Waals surface area contributed by atoms with Gasteiger partial charge in [-0.2, -0.15) is 0 Å². The lowest BCUT2D eigenvalue weighted by molar-refractivity contribution is -0.148. The summed E-state index contributed by atoms with van der Waals surface area (Å²) in [6.07, 6.45) is 6.35.